The first-order valence-electron chi connectivity index (χ1n) is 7.22. The Labute approximate surface area is 125 Å². The second kappa shape index (κ2) is 9.13. The number of hydrogen-bond donors (Lipinski definition) is 2. The Morgan fingerprint density at radius 2 is 1.90 bits per heavy atom. The van der Waals surface area contributed by atoms with Gasteiger partial charge in [0.05, 0.1) is 13.2 Å². The minimum Gasteiger partial charge on any atom is -0.467 e. The molecule has 0 radical (unpaired) electrons. The molecule has 0 aliphatic carbocycles. The predicted octanol–water partition coefficient (Wildman–Crippen LogP) is 1.90. The van der Waals surface area contributed by atoms with Gasteiger partial charge in [-0.1, -0.05) is 44.4 Å². The molecule has 0 heterocycles. The van der Waals surface area contributed by atoms with Crippen molar-refractivity contribution in [2.45, 2.75) is 44.8 Å². The van der Waals surface area contributed by atoms with Crippen LogP contribution < -0.4 is 5.32 Å². The Bertz CT molecular complexity index is 447. The van der Waals surface area contributed by atoms with Crippen LogP contribution in [-0.2, 0) is 9.53 Å². The lowest BCUT2D eigenvalue weighted by Gasteiger charge is -2.22. The quantitative estimate of drug-likeness (QED) is 0.567. The van der Waals surface area contributed by atoms with Gasteiger partial charge in [0.2, 0.25) is 0 Å². The average Bonchev–Trinajstić information content (AvgIpc) is 2.52. The van der Waals surface area contributed by atoms with E-state index in [1.807, 2.05) is 0 Å². The largest absolute Gasteiger partial charge is 0.467 e. The molecule has 0 saturated heterocycles. The van der Waals surface area contributed by atoms with Crippen molar-refractivity contribution in [1.82, 2.24) is 5.32 Å². The number of hydrogen-bond acceptors (Lipinski definition) is 4. The first kappa shape index (κ1) is 17.2. The molecule has 0 fully saturated rings. The molecule has 0 unspecified atom stereocenters. The fourth-order valence-corrected chi connectivity index (χ4v) is 2.02. The Morgan fingerprint density at radius 1 is 1.24 bits per heavy atom. The average molecular weight is 293 g/mol. The van der Waals surface area contributed by atoms with Gasteiger partial charge in [0.15, 0.2) is 6.04 Å². The number of amides is 1. The molecule has 1 aromatic rings. The van der Waals surface area contributed by atoms with Gasteiger partial charge in [-0.15, -0.1) is 0 Å². The van der Waals surface area contributed by atoms with Crippen molar-refractivity contribution in [2.24, 2.45) is 0 Å². The third kappa shape index (κ3) is 5.55. The summed E-state index contributed by atoms with van der Waals surface area (Å²) in [5.41, 5.74) is 0.437. The molecule has 1 amide bonds. The number of aliphatic hydroxyl groups excluding tert-OH is 1. The van der Waals surface area contributed by atoms with Crippen LogP contribution in [0.4, 0.5) is 0 Å². The monoisotopic (exact) mass is 293 g/mol. The highest BCUT2D eigenvalue weighted by atomic mass is 16.5. The Hall–Kier alpha value is -1.88. The van der Waals surface area contributed by atoms with Gasteiger partial charge in [-0.05, 0) is 18.6 Å². The smallest absolute Gasteiger partial charge is 0.331 e. The van der Waals surface area contributed by atoms with Gasteiger partial charge < -0.3 is 15.2 Å². The third-order valence-electron chi connectivity index (χ3n) is 3.27. The molecular weight excluding hydrogens is 270 g/mol. The molecule has 5 heteroatoms. The van der Waals surface area contributed by atoms with Crippen molar-refractivity contribution in [3.05, 3.63) is 35.9 Å². The highest BCUT2D eigenvalue weighted by molar-refractivity contribution is 5.96. The molecule has 0 aliphatic heterocycles. The number of unbranched alkanes of at least 4 members (excludes halogenated alkanes) is 2. The molecule has 0 aliphatic rings. The molecule has 2 N–H and O–H groups in total. The maximum absolute atomic E-state index is 12.1. The number of carbonyl (C=O) groups excluding carboxylic acids is 2. The Morgan fingerprint density at radius 3 is 2.48 bits per heavy atom. The Balaban J connectivity index is 2.69. The normalized spacial score (nSPS) is 13.3. The van der Waals surface area contributed by atoms with Gasteiger partial charge in [-0.25, -0.2) is 4.79 Å². The van der Waals surface area contributed by atoms with E-state index in [2.05, 4.69) is 17.0 Å². The van der Waals surface area contributed by atoms with Crippen LogP contribution in [0, 0.1) is 0 Å². The molecule has 21 heavy (non-hydrogen) atoms. The second-order valence-corrected chi connectivity index (χ2v) is 4.90. The van der Waals surface area contributed by atoms with Gasteiger partial charge in [0, 0.05) is 5.56 Å². The molecule has 1 aromatic carbocycles. The van der Waals surface area contributed by atoms with Crippen molar-refractivity contribution < 1.29 is 19.4 Å². The van der Waals surface area contributed by atoms with Gasteiger partial charge in [0.1, 0.15) is 0 Å². The number of ether oxygens (including phenoxy) is 1. The number of benzene rings is 1. The van der Waals surface area contributed by atoms with Crippen LogP contribution in [0.5, 0.6) is 0 Å². The van der Waals surface area contributed by atoms with E-state index in [-0.39, 0.29) is 0 Å². The summed E-state index contributed by atoms with van der Waals surface area (Å²) in [5.74, 6) is -1.04. The molecule has 0 aromatic heterocycles. The summed E-state index contributed by atoms with van der Waals surface area (Å²) in [7, 11) is 1.24. The van der Waals surface area contributed by atoms with E-state index in [1.165, 1.54) is 7.11 Å². The number of carbonyl (C=O) groups is 2. The number of nitrogens with one attached hydrogen (secondary N) is 1. The maximum Gasteiger partial charge on any atom is 0.331 e. The Kier molecular flexibility index (Phi) is 7.46. The summed E-state index contributed by atoms with van der Waals surface area (Å²) in [5, 5.41) is 12.7. The van der Waals surface area contributed by atoms with E-state index >= 15 is 0 Å². The van der Waals surface area contributed by atoms with E-state index in [0.717, 1.165) is 19.3 Å². The van der Waals surface area contributed by atoms with Crippen LogP contribution in [0.3, 0.4) is 0 Å². The lowest BCUT2D eigenvalue weighted by molar-refractivity contribution is -0.146. The topological polar surface area (TPSA) is 75.6 Å². The molecular formula is C16H23NO4. The zero-order valence-electron chi connectivity index (χ0n) is 12.5. The summed E-state index contributed by atoms with van der Waals surface area (Å²) in [6.45, 7) is 2.06. The molecule has 2 atom stereocenters. The maximum atomic E-state index is 12.1. The molecule has 0 spiro atoms. The van der Waals surface area contributed by atoms with Crippen LogP contribution in [0.15, 0.2) is 30.3 Å². The van der Waals surface area contributed by atoms with Crippen molar-refractivity contribution in [2.75, 3.05) is 7.11 Å². The number of aliphatic hydroxyl groups is 1. The number of rotatable bonds is 8. The number of esters is 1. The predicted molar refractivity (Wildman–Crippen MR) is 79.9 cm³/mol. The van der Waals surface area contributed by atoms with Crippen LogP contribution in [0.1, 0.15) is 43.0 Å². The first-order chi connectivity index (χ1) is 10.1. The second-order valence-electron chi connectivity index (χ2n) is 4.90. The van der Waals surface area contributed by atoms with E-state index < -0.39 is 24.0 Å². The zero-order chi connectivity index (χ0) is 15.7. The zero-order valence-corrected chi connectivity index (χ0v) is 12.5. The minimum absolute atomic E-state index is 0.402. The fourth-order valence-electron chi connectivity index (χ4n) is 2.02. The standard InChI is InChI=1S/C16H23NO4/c1-3-4-6-11-13(18)14(16(20)21-2)17-15(19)12-9-7-5-8-10-12/h5,7-10,13-14,18H,3-4,6,11H2,1-2H3,(H,17,19)/t13-,14+/m1/s1. The highest BCUT2D eigenvalue weighted by Gasteiger charge is 2.29. The van der Waals surface area contributed by atoms with Crippen molar-refractivity contribution >= 4 is 11.9 Å². The molecule has 0 bridgehead atoms. The molecule has 0 saturated carbocycles. The van der Waals surface area contributed by atoms with Gasteiger partial charge >= 0.3 is 5.97 Å². The lowest BCUT2D eigenvalue weighted by Crippen LogP contribution is -2.49. The van der Waals surface area contributed by atoms with E-state index in [0.29, 0.717) is 12.0 Å². The summed E-state index contributed by atoms with van der Waals surface area (Å²) < 4.78 is 4.66. The van der Waals surface area contributed by atoms with Crippen LogP contribution in [0.2, 0.25) is 0 Å². The molecule has 116 valence electrons. The van der Waals surface area contributed by atoms with E-state index in [4.69, 9.17) is 0 Å². The SMILES string of the molecule is CCCCC[C@@H](O)[C@H](NC(=O)c1ccccc1)C(=O)OC. The van der Waals surface area contributed by atoms with Crippen molar-refractivity contribution in [3.8, 4) is 0 Å². The van der Waals surface area contributed by atoms with E-state index in [9.17, 15) is 14.7 Å². The van der Waals surface area contributed by atoms with E-state index in [1.54, 1.807) is 30.3 Å². The molecule has 1 rings (SSSR count). The van der Waals surface area contributed by atoms with Crippen molar-refractivity contribution in [3.63, 3.8) is 0 Å². The van der Waals surface area contributed by atoms with Crippen LogP contribution >= 0.6 is 0 Å². The van der Waals surface area contributed by atoms with Crippen LogP contribution in [0.25, 0.3) is 0 Å². The fraction of sp³-hybridized carbons (Fsp3) is 0.500. The van der Waals surface area contributed by atoms with Crippen LogP contribution in [-0.4, -0.2) is 36.2 Å². The minimum atomic E-state index is -1.04. The summed E-state index contributed by atoms with van der Waals surface area (Å²) >= 11 is 0. The summed E-state index contributed by atoms with van der Waals surface area (Å²) in [6, 6.07) is 7.52. The highest BCUT2D eigenvalue weighted by Crippen LogP contribution is 2.09. The number of methoxy groups -OCH3 is 1. The third-order valence-corrected chi connectivity index (χ3v) is 3.27. The van der Waals surface area contributed by atoms with Gasteiger partial charge in [-0.3, -0.25) is 4.79 Å². The summed E-state index contributed by atoms with van der Waals surface area (Å²) in [4.78, 5) is 23.8. The van der Waals surface area contributed by atoms with Gasteiger partial charge in [-0.2, -0.15) is 0 Å². The lowest BCUT2D eigenvalue weighted by atomic mass is 10.0. The molecule has 5 nitrogen and oxygen atoms in total. The first-order valence-corrected chi connectivity index (χ1v) is 7.22. The van der Waals surface area contributed by atoms with Crippen molar-refractivity contribution in [1.29, 1.82) is 0 Å². The van der Waals surface area contributed by atoms with Gasteiger partial charge in [0.25, 0.3) is 5.91 Å². The summed E-state index contributed by atoms with van der Waals surface area (Å²) in [6.07, 6.45) is 2.29.